The lowest BCUT2D eigenvalue weighted by atomic mass is 10.0. The fourth-order valence-electron chi connectivity index (χ4n) is 3.60. The van der Waals surface area contributed by atoms with E-state index < -0.39 is 15.9 Å². The van der Waals surface area contributed by atoms with Gasteiger partial charge in [0.25, 0.3) is 5.91 Å². The number of amides is 2. The summed E-state index contributed by atoms with van der Waals surface area (Å²) in [5.74, 6) is -0.531. The standard InChI is InChI=1S/C23H29N3O5S/c1-3-21(18-7-5-4-6-8-18)24-22(27)17-26(32(2,29)30)20-11-9-19(10-12-20)23(28)25-13-15-31-16-14-25/h4-12,21H,3,13-17H2,1-2H3,(H,24,27). The summed E-state index contributed by atoms with van der Waals surface area (Å²) in [6, 6.07) is 15.6. The number of rotatable bonds is 8. The summed E-state index contributed by atoms with van der Waals surface area (Å²) in [6.45, 7) is 3.66. The van der Waals surface area contributed by atoms with E-state index in [1.807, 2.05) is 37.3 Å². The minimum absolute atomic E-state index is 0.128. The lowest BCUT2D eigenvalue weighted by Crippen LogP contribution is -2.41. The van der Waals surface area contributed by atoms with E-state index in [1.54, 1.807) is 29.2 Å². The molecule has 2 amide bonds. The third-order valence-corrected chi connectivity index (χ3v) is 6.47. The first-order valence-electron chi connectivity index (χ1n) is 10.6. The molecule has 0 aromatic heterocycles. The molecule has 8 nitrogen and oxygen atoms in total. The molecule has 1 aliphatic heterocycles. The highest BCUT2D eigenvalue weighted by molar-refractivity contribution is 7.92. The number of anilines is 1. The zero-order valence-electron chi connectivity index (χ0n) is 18.4. The number of hydrogen-bond acceptors (Lipinski definition) is 5. The average Bonchev–Trinajstić information content (AvgIpc) is 2.81. The van der Waals surface area contributed by atoms with Crippen molar-refractivity contribution in [3.63, 3.8) is 0 Å². The van der Waals surface area contributed by atoms with E-state index in [0.717, 1.165) is 16.1 Å². The number of hydrogen-bond donors (Lipinski definition) is 1. The molecule has 32 heavy (non-hydrogen) atoms. The van der Waals surface area contributed by atoms with E-state index in [1.165, 1.54) is 0 Å². The van der Waals surface area contributed by atoms with E-state index in [0.29, 0.717) is 44.0 Å². The Labute approximate surface area is 189 Å². The number of morpholine rings is 1. The van der Waals surface area contributed by atoms with Crippen LogP contribution in [-0.4, -0.2) is 64.2 Å². The molecular formula is C23H29N3O5S. The smallest absolute Gasteiger partial charge is 0.254 e. The highest BCUT2D eigenvalue weighted by Crippen LogP contribution is 2.20. The highest BCUT2D eigenvalue weighted by atomic mass is 32.2. The Hall–Kier alpha value is -2.91. The van der Waals surface area contributed by atoms with Crippen molar-refractivity contribution in [1.82, 2.24) is 10.2 Å². The van der Waals surface area contributed by atoms with Gasteiger partial charge in [0.05, 0.1) is 31.2 Å². The summed E-state index contributed by atoms with van der Waals surface area (Å²) in [6.07, 6.45) is 1.73. The van der Waals surface area contributed by atoms with Crippen LogP contribution >= 0.6 is 0 Å². The number of sulfonamides is 1. The van der Waals surface area contributed by atoms with E-state index in [-0.39, 0.29) is 18.5 Å². The van der Waals surface area contributed by atoms with Crippen molar-refractivity contribution in [2.24, 2.45) is 0 Å². The fraction of sp³-hybridized carbons (Fsp3) is 0.391. The summed E-state index contributed by atoms with van der Waals surface area (Å²) in [4.78, 5) is 27.0. The topological polar surface area (TPSA) is 96.0 Å². The van der Waals surface area contributed by atoms with Crippen molar-refractivity contribution in [1.29, 1.82) is 0 Å². The van der Waals surface area contributed by atoms with Gasteiger partial charge in [0, 0.05) is 18.7 Å². The van der Waals surface area contributed by atoms with Crippen LogP contribution in [0.15, 0.2) is 54.6 Å². The fourth-order valence-corrected chi connectivity index (χ4v) is 4.45. The van der Waals surface area contributed by atoms with Gasteiger partial charge in [-0.1, -0.05) is 37.3 Å². The summed E-state index contributed by atoms with van der Waals surface area (Å²) >= 11 is 0. The quantitative estimate of drug-likeness (QED) is 0.653. The summed E-state index contributed by atoms with van der Waals surface area (Å²) in [7, 11) is -3.71. The Morgan fingerprint density at radius 3 is 2.25 bits per heavy atom. The second-order valence-corrected chi connectivity index (χ2v) is 9.57. The number of carbonyl (C=O) groups excluding carboxylic acids is 2. The SMILES string of the molecule is CCC(NC(=O)CN(c1ccc(C(=O)N2CCOCC2)cc1)S(C)(=O)=O)c1ccccc1. The Morgan fingerprint density at radius 1 is 1.06 bits per heavy atom. The van der Waals surface area contributed by atoms with Gasteiger partial charge in [0.2, 0.25) is 15.9 Å². The molecule has 0 spiro atoms. The van der Waals surface area contributed by atoms with Crippen LogP contribution < -0.4 is 9.62 Å². The Kier molecular flexibility index (Phi) is 7.87. The molecule has 1 saturated heterocycles. The molecule has 0 radical (unpaired) electrons. The lowest BCUT2D eigenvalue weighted by Gasteiger charge is -2.27. The molecule has 1 fully saturated rings. The number of carbonyl (C=O) groups is 2. The minimum atomic E-state index is -3.71. The molecule has 1 heterocycles. The summed E-state index contributed by atoms with van der Waals surface area (Å²) in [5.41, 5.74) is 1.75. The predicted molar refractivity (Wildman–Crippen MR) is 123 cm³/mol. The molecule has 0 saturated carbocycles. The average molecular weight is 460 g/mol. The van der Waals surface area contributed by atoms with Gasteiger partial charge in [-0.15, -0.1) is 0 Å². The molecule has 3 rings (SSSR count). The second kappa shape index (κ2) is 10.6. The zero-order valence-corrected chi connectivity index (χ0v) is 19.2. The molecule has 1 unspecified atom stereocenters. The summed E-state index contributed by atoms with van der Waals surface area (Å²) in [5, 5.41) is 2.91. The first kappa shape index (κ1) is 23.7. The maximum absolute atomic E-state index is 12.7. The molecule has 1 aliphatic rings. The van der Waals surface area contributed by atoms with Gasteiger partial charge in [0.1, 0.15) is 6.54 Å². The van der Waals surface area contributed by atoms with E-state index in [2.05, 4.69) is 5.32 Å². The Balaban J connectivity index is 1.72. The van der Waals surface area contributed by atoms with Crippen LogP contribution in [0.3, 0.4) is 0 Å². The van der Waals surface area contributed by atoms with Crippen molar-refractivity contribution in [2.75, 3.05) is 43.4 Å². The van der Waals surface area contributed by atoms with Crippen LogP contribution in [0.5, 0.6) is 0 Å². The number of nitrogens with one attached hydrogen (secondary N) is 1. The molecule has 2 aromatic carbocycles. The normalized spacial score (nSPS) is 15.1. The third kappa shape index (κ3) is 6.08. The van der Waals surface area contributed by atoms with E-state index >= 15 is 0 Å². The van der Waals surface area contributed by atoms with Crippen LogP contribution in [0.4, 0.5) is 5.69 Å². The number of ether oxygens (including phenoxy) is 1. The van der Waals surface area contributed by atoms with Crippen molar-refractivity contribution < 1.29 is 22.7 Å². The van der Waals surface area contributed by atoms with Gasteiger partial charge in [-0.2, -0.15) is 0 Å². The second-order valence-electron chi connectivity index (χ2n) is 7.66. The zero-order chi connectivity index (χ0) is 23.1. The van der Waals surface area contributed by atoms with Gasteiger partial charge in [-0.3, -0.25) is 13.9 Å². The third-order valence-electron chi connectivity index (χ3n) is 5.33. The monoisotopic (exact) mass is 459 g/mol. The molecule has 1 N–H and O–H groups in total. The number of nitrogens with zero attached hydrogens (tertiary/aromatic N) is 2. The largest absolute Gasteiger partial charge is 0.378 e. The molecule has 172 valence electrons. The lowest BCUT2D eigenvalue weighted by molar-refractivity contribution is -0.120. The molecule has 0 aliphatic carbocycles. The van der Waals surface area contributed by atoms with Crippen molar-refractivity contribution in [2.45, 2.75) is 19.4 Å². The van der Waals surface area contributed by atoms with Crippen LogP contribution in [0.2, 0.25) is 0 Å². The highest BCUT2D eigenvalue weighted by Gasteiger charge is 2.24. The van der Waals surface area contributed by atoms with Crippen molar-refractivity contribution >= 4 is 27.5 Å². The van der Waals surface area contributed by atoms with Crippen LogP contribution in [0.1, 0.15) is 35.3 Å². The maximum Gasteiger partial charge on any atom is 0.254 e. The Bertz CT molecular complexity index is 1020. The first-order chi connectivity index (χ1) is 15.3. The molecule has 1 atom stereocenters. The van der Waals surface area contributed by atoms with Crippen LogP contribution in [0, 0.1) is 0 Å². The molecule has 9 heteroatoms. The first-order valence-corrected chi connectivity index (χ1v) is 12.4. The van der Waals surface area contributed by atoms with Gasteiger partial charge in [0.15, 0.2) is 0 Å². The van der Waals surface area contributed by atoms with Gasteiger partial charge in [-0.05, 0) is 36.2 Å². The van der Waals surface area contributed by atoms with Crippen molar-refractivity contribution in [3.8, 4) is 0 Å². The van der Waals surface area contributed by atoms with E-state index in [9.17, 15) is 18.0 Å². The van der Waals surface area contributed by atoms with Gasteiger partial charge < -0.3 is 15.0 Å². The van der Waals surface area contributed by atoms with Gasteiger partial charge >= 0.3 is 0 Å². The Morgan fingerprint density at radius 2 is 1.69 bits per heavy atom. The predicted octanol–water partition coefficient (Wildman–Crippen LogP) is 2.19. The number of benzene rings is 2. The molecular weight excluding hydrogens is 430 g/mol. The van der Waals surface area contributed by atoms with Crippen LogP contribution in [-0.2, 0) is 19.6 Å². The van der Waals surface area contributed by atoms with E-state index in [4.69, 9.17) is 4.74 Å². The summed E-state index contributed by atoms with van der Waals surface area (Å²) < 4.78 is 31.1. The van der Waals surface area contributed by atoms with Crippen LogP contribution in [0.25, 0.3) is 0 Å². The minimum Gasteiger partial charge on any atom is -0.378 e. The van der Waals surface area contributed by atoms with Crippen molar-refractivity contribution in [3.05, 3.63) is 65.7 Å². The van der Waals surface area contributed by atoms with Gasteiger partial charge in [-0.25, -0.2) is 8.42 Å². The molecule has 2 aromatic rings. The molecule has 0 bridgehead atoms. The maximum atomic E-state index is 12.7.